The van der Waals surface area contributed by atoms with E-state index in [2.05, 4.69) is 20.8 Å². The molecule has 0 aromatic rings. The predicted octanol–water partition coefficient (Wildman–Crippen LogP) is 0.0249. The molecule has 0 nitrogen and oxygen atoms in total. The summed E-state index contributed by atoms with van der Waals surface area (Å²) in [6.07, 6.45) is 0. The average Bonchev–Trinajstić information content (AvgIpc) is 0.811. The Bertz CT molecular complexity index is 8.36. The van der Waals surface area contributed by atoms with E-state index < -0.39 is 0 Å². The molecule has 0 heterocycles. The van der Waals surface area contributed by atoms with Crippen molar-refractivity contribution in [2.24, 2.45) is 5.92 Å². The third-order valence-corrected chi connectivity index (χ3v) is 0. The van der Waals surface area contributed by atoms with E-state index in [1.807, 2.05) is 0 Å². The van der Waals surface area contributed by atoms with Gasteiger partial charge in [0, 0.05) is 0 Å². The van der Waals surface area contributed by atoms with Gasteiger partial charge in [-0.2, -0.15) is 0 Å². The van der Waals surface area contributed by atoms with Gasteiger partial charge < -0.3 is 0 Å². The van der Waals surface area contributed by atoms with Crippen molar-refractivity contribution < 1.29 is 0 Å². The van der Waals surface area contributed by atoms with Crippen molar-refractivity contribution >= 4 is 17.6 Å². The first-order valence-electron chi connectivity index (χ1n) is 1.56. The molecule has 0 aromatic heterocycles. The summed E-state index contributed by atoms with van der Waals surface area (Å²) in [4.78, 5) is 0. The SMILES string of the molecule is [CH2]C(C)C.[GeH4]. The molecule has 0 unspecified atom stereocenters. The van der Waals surface area contributed by atoms with Crippen LogP contribution in [0.2, 0.25) is 0 Å². The molecule has 0 saturated carbocycles. The number of rotatable bonds is 0. The molecule has 0 aliphatic rings. The van der Waals surface area contributed by atoms with Gasteiger partial charge in [-0.25, -0.2) is 0 Å². The first-order valence-corrected chi connectivity index (χ1v) is 1.56. The molecule has 1 radical (unpaired) electrons. The van der Waals surface area contributed by atoms with Gasteiger partial charge in [0.15, 0.2) is 0 Å². The Morgan fingerprint density at radius 2 is 1.40 bits per heavy atom. The molecule has 0 fully saturated rings. The van der Waals surface area contributed by atoms with Crippen molar-refractivity contribution in [1.82, 2.24) is 0 Å². The van der Waals surface area contributed by atoms with Gasteiger partial charge in [-0.05, 0) is 5.92 Å². The third kappa shape index (κ3) is 99.7. The van der Waals surface area contributed by atoms with Crippen LogP contribution in [-0.4, -0.2) is 17.6 Å². The second kappa shape index (κ2) is 4.54. The van der Waals surface area contributed by atoms with Crippen molar-refractivity contribution in [3.63, 3.8) is 0 Å². The summed E-state index contributed by atoms with van der Waals surface area (Å²) in [6.45, 7) is 7.75. The second-order valence-electron chi connectivity index (χ2n) is 1.39. The van der Waals surface area contributed by atoms with E-state index in [4.69, 9.17) is 0 Å². The fraction of sp³-hybridized carbons (Fsp3) is 0.750. The zero-order valence-corrected chi connectivity index (χ0v) is 3.28. The Morgan fingerprint density at radius 1 is 1.40 bits per heavy atom. The standard InChI is InChI=1S/C4H9.GeH4/c1-4(2)3;/h4H,1H2,2-3H3;1H4. The fourth-order valence-electron chi connectivity index (χ4n) is 0. The Balaban J connectivity index is 0. The molecule has 0 aliphatic heterocycles. The quantitative estimate of drug-likeness (QED) is 0.409. The Kier molecular flexibility index (Phi) is 8.28. The van der Waals surface area contributed by atoms with Crippen LogP contribution in [-0.2, 0) is 0 Å². The zero-order valence-electron chi connectivity index (χ0n) is 3.28. The van der Waals surface area contributed by atoms with Crippen molar-refractivity contribution in [2.75, 3.05) is 0 Å². The van der Waals surface area contributed by atoms with Gasteiger partial charge in [-0.15, -0.1) is 0 Å². The molecule has 0 bridgehead atoms. The van der Waals surface area contributed by atoms with E-state index in [1.54, 1.807) is 0 Å². The minimum atomic E-state index is 0. The van der Waals surface area contributed by atoms with Crippen LogP contribution >= 0.6 is 0 Å². The van der Waals surface area contributed by atoms with Crippen LogP contribution in [0.1, 0.15) is 13.8 Å². The molecule has 0 rings (SSSR count). The molecule has 0 amide bonds. The van der Waals surface area contributed by atoms with Crippen molar-refractivity contribution in [2.45, 2.75) is 13.8 Å². The zero-order chi connectivity index (χ0) is 3.58. The van der Waals surface area contributed by atoms with Gasteiger partial charge in [-0.1, -0.05) is 20.8 Å². The molecule has 0 aliphatic carbocycles. The van der Waals surface area contributed by atoms with Crippen molar-refractivity contribution in [1.29, 1.82) is 0 Å². The van der Waals surface area contributed by atoms with Crippen molar-refractivity contribution in [3.8, 4) is 0 Å². The molecule has 0 saturated heterocycles. The van der Waals surface area contributed by atoms with Gasteiger partial charge in [0.25, 0.3) is 0 Å². The summed E-state index contributed by atoms with van der Waals surface area (Å²) in [5, 5.41) is 0. The average molecular weight is 134 g/mol. The number of hydrogen-bond acceptors (Lipinski definition) is 0. The van der Waals surface area contributed by atoms with Gasteiger partial charge >= 0.3 is 17.6 Å². The molecule has 0 N–H and O–H groups in total. The fourth-order valence-corrected chi connectivity index (χ4v) is 0. The van der Waals surface area contributed by atoms with E-state index >= 15 is 0 Å². The van der Waals surface area contributed by atoms with Crippen molar-refractivity contribution in [3.05, 3.63) is 6.92 Å². The monoisotopic (exact) mass is 135 g/mol. The number of hydrogen-bond donors (Lipinski definition) is 0. The van der Waals surface area contributed by atoms with Gasteiger partial charge in [-0.3, -0.25) is 0 Å². The molecule has 5 heavy (non-hydrogen) atoms. The molecular weight excluding hydrogens is 121 g/mol. The normalized spacial score (nSPS) is 7.20. The topological polar surface area (TPSA) is 0 Å². The van der Waals surface area contributed by atoms with Gasteiger partial charge in [0.05, 0.1) is 0 Å². The summed E-state index contributed by atoms with van der Waals surface area (Å²) in [5.41, 5.74) is 0. The summed E-state index contributed by atoms with van der Waals surface area (Å²) < 4.78 is 0. The maximum atomic E-state index is 3.64. The van der Waals surface area contributed by atoms with E-state index in [0.29, 0.717) is 5.92 Å². The molecule has 33 valence electrons. The van der Waals surface area contributed by atoms with Crippen LogP contribution in [0.5, 0.6) is 0 Å². The first kappa shape index (κ1) is 9.11. The van der Waals surface area contributed by atoms with Crippen LogP contribution in [0.4, 0.5) is 0 Å². The molecule has 0 aromatic carbocycles. The van der Waals surface area contributed by atoms with Gasteiger partial charge in [0.1, 0.15) is 0 Å². The predicted molar refractivity (Wildman–Crippen MR) is 31.5 cm³/mol. The van der Waals surface area contributed by atoms with E-state index in [0.717, 1.165) is 0 Å². The van der Waals surface area contributed by atoms with E-state index in [-0.39, 0.29) is 17.6 Å². The van der Waals surface area contributed by atoms with Crippen LogP contribution < -0.4 is 0 Å². The first-order chi connectivity index (χ1) is 1.73. The summed E-state index contributed by atoms with van der Waals surface area (Å²) >= 11 is 0. The van der Waals surface area contributed by atoms with Crippen LogP contribution in [0.25, 0.3) is 0 Å². The second-order valence-corrected chi connectivity index (χ2v) is 1.39. The van der Waals surface area contributed by atoms with Gasteiger partial charge in [0.2, 0.25) is 0 Å². The maximum absolute atomic E-state index is 3.64. The van der Waals surface area contributed by atoms with E-state index in [9.17, 15) is 0 Å². The molecule has 0 spiro atoms. The van der Waals surface area contributed by atoms with E-state index in [1.165, 1.54) is 0 Å². The molecule has 1 heteroatoms. The third-order valence-electron chi connectivity index (χ3n) is 0. The minimum absolute atomic E-state index is 0. The summed E-state index contributed by atoms with van der Waals surface area (Å²) in [6, 6.07) is 0. The molecule has 0 atom stereocenters. The summed E-state index contributed by atoms with van der Waals surface area (Å²) in [7, 11) is 0. The molecular formula is C4H13Ge. The van der Waals surface area contributed by atoms with Crippen LogP contribution in [0.15, 0.2) is 0 Å². The summed E-state index contributed by atoms with van der Waals surface area (Å²) in [5.74, 6) is 0.583. The Hall–Kier alpha value is 0.543. The Morgan fingerprint density at radius 3 is 1.40 bits per heavy atom. The Labute approximate surface area is 44.9 Å². The van der Waals surface area contributed by atoms with Crippen LogP contribution in [0, 0.1) is 12.8 Å². The van der Waals surface area contributed by atoms with Crippen LogP contribution in [0.3, 0.4) is 0 Å².